The van der Waals surface area contributed by atoms with Crippen LogP contribution in [0.1, 0.15) is 22.5 Å². The maximum absolute atomic E-state index is 7.44. The Bertz CT molecular complexity index is 601. The largest absolute Gasteiger partial charge is 0.384 e. The van der Waals surface area contributed by atoms with E-state index >= 15 is 0 Å². The first-order valence-corrected chi connectivity index (χ1v) is 6.41. The molecular weight excluding hydrogens is 292 g/mol. The minimum Gasteiger partial charge on any atom is -0.384 e. The normalized spacial score (nSPS) is 10.6. The molecule has 0 bridgehead atoms. The Hall–Kier alpha value is -1.62. The second-order valence-electron chi connectivity index (χ2n) is 4.26. The lowest BCUT2D eigenvalue weighted by Gasteiger charge is -2.06. The van der Waals surface area contributed by atoms with E-state index in [4.69, 9.17) is 11.1 Å². The van der Waals surface area contributed by atoms with Gasteiger partial charge in [-0.25, -0.2) is 0 Å². The zero-order chi connectivity index (χ0) is 13.3. The van der Waals surface area contributed by atoms with Crippen molar-refractivity contribution in [3.63, 3.8) is 0 Å². The molecule has 5 heteroatoms. The van der Waals surface area contributed by atoms with E-state index in [9.17, 15) is 0 Å². The summed E-state index contributed by atoms with van der Waals surface area (Å²) < 4.78 is 2.99. The van der Waals surface area contributed by atoms with E-state index in [0.29, 0.717) is 6.54 Å². The average Bonchev–Trinajstić information content (AvgIpc) is 2.57. The van der Waals surface area contributed by atoms with Crippen LogP contribution in [0.4, 0.5) is 0 Å². The molecule has 0 saturated heterocycles. The van der Waals surface area contributed by atoms with Crippen molar-refractivity contribution in [3.8, 4) is 0 Å². The van der Waals surface area contributed by atoms with Gasteiger partial charge in [0.2, 0.25) is 0 Å². The van der Waals surface area contributed by atoms with Crippen LogP contribution in [0.5, 0.6) is 0 Å². The van der Waals surface area contributed by atoms with Gasteiger partial charge >= 0.3 is 0 Å². The highest BCUT2D eigenvalue weighted by molar-refractivity contribution is 9.10. The summed E-state index contributed by atoms with van der Waals surface area (Å²) in [6, 6.07) is 7.68. The molecule has 0 saturated carbocycles. The molecule has 0 unspecified atom stereocenters. The molecule has 2 rings (SSSR count). The van der Waals surface area contributed by atoms with E-state index in [1.165, 1.54) is 0 Å². The van der Waals surface area contributed by atoms with E-state index in [2.05, 4.69) is 21.0 Å². The van der Waals surface area contributed by atoms with Crippen molar-refractivity contribution in [2.24, 2.45) is 5.73 Å². The van der Waals surface area contributed by atoms with Crippen molar-refractivity contribution in [2.45, 2.75) is 20.4 Å². The lowest BCUT2D eigenvalue weighted by atomic mass is 10.1. The monoisotopic (exact) mass is 306 g/mol. The Balaban J connectivity index is 2.31. The average molecular weight is 307 g/mol. The number of nitrogens with one attached hydrogen (secondary N) is 1. The van der Waals surface area contributed by atoms with Gasteiger partial charge in [-0.15, -0.1) is 0 Å². The third-order valence-corrected chi connectivity index (χ3v) is 4.01. The SMILES string of the molecule is Cc1nn(Cc2cccc(C(=N)N)c2)c(C)c1Br. The summed E-state index contributed by atoms with van der Waals surface area (Å²) in [7, 11) is 0. The van der Waals surface area contributed by atoms with Gasteiger partial charge in [-0.05, 0) is 41.4 Å². The van der Waals surface area contributed by atoms with Gasteiger partial charge in [0.1, 0.15) is 5.84 Å². The van der Waals surface area contributed by atoms with Gasteiger partial charge in [-0.3, -0.25) is 10.1 Å². The number of nitrogen functional groups attached to an aromatic ring is 1. The number of hydrogen-bond acceptors (Lipinski definition) is 2. The van der Waals surface area contributed by atoms with Crippen molar-refractivity contribution in [3.05, 3.63) is 51.3 Å². The molecule has 0 spiro atoms. The lowest BCUT2D eigenvalue weighted by molar-refractivity contribution is 0.658. The van der Waals surface area contributed by atoms with Crippen molar-refractivity contribution < 1.29 is 0 Å². The zero-order valence-corrected chi connectivity index (χ0v) is 12.0. The number of nitrogens with zero attached hydrogens (tertiary/aromatic N) is 2. The fourth-order valence-corrected chi connectivity index (χ4v) is 2.12. The van der Waals surface area contributed by atoms with Crippen LogP contribution >= 0.6 is 15.9 Å². The van der Waals surface area contributed by atoms with Crippen LogP contribution in [0.15, 0.2) is 28.7 Å². The maximum Gasteiger partial charge on any atom is 0.122 e. The smallest absolute Gasteiger partial charge is 0.122 e. The lowest BCUT2D eigenvalue weighted by Crippen LogP contribution is -2.12. The minimum atomic E-state index is 0.0893. The van der Waals surface area contributed by atoms with Crippen LogP contribution in [0.3, 0.4) is 0 Å². The molecule has 0 aliphatic rings. The second-order valence-corrected chi connectivity index (χ2v) is 5.05. The third kappa shape index (κ3) is 2.46. The number of aryl methyl sites for hydroxylation is 1. The molecule has 2 aromatic rings. The predicted octanol–water partition coefficient (Wildman–Crippen LogP) is 2.59. The van der Waals surface area contributed by atoms with Crippen molar-refractivity contribution in [1.82, 2.24) is 9.78 Å². The van der Waals surface area contributed by atoms with Gasteiger partial charge in [-0.2, -0.15) is 5.10 Å². The molecule has 0 amide bonds. The molecule has 4 nitrogen and oxygen atoms in total. The number of nitrogens with two attached hydrogens (primary N) is 1. The summed E-state index contributed by atoms with van der Waals surface area (Å²) >= 11 is 3.51. The fourth-order valence-electron chi connectivity index (χ4n) is 1.84. The van der Waals surface area contributed by atoms with Gasteiger partial charge in [0.05, 0.1) is 22.4 Å². The number of halogens is 1. The Labute approximate surface area is 114 Å². The number of rotatable bonds is 3. The number of aromatic nitrogens is 2. The standard InChI is InChI=1S/C13H15BrN4/c1-8-12(14)9(2)18(17-8)7-10-4-3-5-11(6-10)13(15)16/h3-6H,7H2,1-2H3,(H3,15,16). The molecular formula is C13H15BrN4. The van der Waals surface area contributed by atoms with Gasteiger partial charge in [0.15, 0.2) is 0 Å². The van der Waals surface area contributed by atoms with Crippen LogP contribution in [-0.4, -0.2) is 15.6 Å². The van der Waals surface area contributed by atoms with E-state index < -0.39 is 0 Å². The van der Waals surface area contributed by atoms with Gasteiger partial charge in [-0.1, -0.05) is 18.2 Å². The van der Waals surface area contributed by atoms with Crippen LogP contribution < -0.4 is 5.73 Å². The summed E-state index contributed by atoms with van der Waals surface area (Å²) in [5.41, 5.74) is 9.39. The van der Waals surface area contributed by atoms with Gasteiger partial charge in [0, 0.05) is 5.56 Å². The first kappa shape index (κ1) is 12.8. The van der Waals surface area contributed by atoms with E-state index in [-0.39, 0.29) is 5.84 Å². The van der Waals surface area contributed by atoms with Gasteiger partial charge in [0.25, 0.3) is 0 Å². The van der Waals surface area contributed by atoms with Crippen LogP contribution in [0.2, 0.25) is 0 Å². The molecule has 0 fully saturated rings. The van der Waals surface area contributed by atoms with Gasteiger partial charge < -0.3 is 5.73 Å². The molecule has 18 heavy (non-hydrogen) atoms. The molecule has 1 aromatic heterocycles. The Kier molecular flexibility index (Phi) is 3.52. The summed E-state index contributed by atoms with van der Waals surface area (Å²) in [6.07, 6.45) is 0. The van der Waals surface area contributed by atoms with E-state index in [1.807, 2.05) is 42.8 Å². The summed E-state index contributed by atoms with van der Waals surface area (Å²) in [4.78, 5) is 0. The minimum absolute atomic E-state index is 0.0893. The number of hydrogen-bond donors (Lipinski definition) is 2. The highest BCUT2D eigenvalue weighted by Gasteiger charge is 2.09. The molecule has 3 N–H and O–H groups in total. The molecule has 0 aliphatic heterocycles. The third-order valence-electron chi connectivity index (χ3n) is 2.86. The van der Waals surface area contributed by atoms with E-state index in [0.717, 1.165) is 27.0 Å². The van der Waals surface area contributed by atoms with Crippen LogP contribution in [-0.2, 0) is 6.54 Å². The zero-order valence-electron chi connectivity index (χ0n) is 10.4. The fraction of sp³-hybridized carbons (Fsp3) is 0.231. The highest BCUT2D eigenvalue weighted by atomic mass is 79.9. The van der Waals surface area contributed by atoms with Crippen LogP contribution in [0.25, 0.3) is 0 Å². The van der Waals surface area contributed by atoms with Crippen molar-refractivity contribution >= 4 is 21.8 Å². The Morgan fingerprint density at radius 2 is 2.17 bits per heavy atom. The molecule has 0 atom stereocenters. The highest BCUT2D eigenvalue weighted by Crippen LogP contribution is 2.20. The quantitative estimate of drug-likeness (QED) is 0.676. The topological polar surface area (TPSA) is 67.7 Å². The summed E-state index contributed by atoms with van der Waals surface area (Å²) in [6.45, 7) is 4.68. The molecule has 1 heterocycles. The van der Waals surface area contributed by atoms with Crippen molar-refractivity contribution in [2.75, 3.05) is 0 Å². The number of amidine groups is 1. The Morgan fingerprint density at radius 1 is 1.44 bits per heavy atom. The van der Waals surface area contributed by atoms with Crippen LogP contribution in [0, 0.1) is 19.3 Å². The molecule has 0 aliphatic carbocycles. The maximum atomic E-state index is 7.44. The first-order chi connectivity index (χ1) is 8.49. The first-order valence-electron chi connectivity index (χ1n) is 5.62. The second kappa shape index (κ2) is 4.94. The van der Waals surface area contributed by atoms with Crippen molar-refractivity contribution in [1.29, 1.82) is 5.41 Å². The predicted molar refractivity (Wildman–Crippen MR) is 76.0 cm³/mol. The summed E-state index contributed by atoms with van der Waals surface area (Å²) in [5.74, 6) is 0.0893. The summed E-state index contributed by atoms with van der Waals surface area (Å²) in [5, 5.41) is 11.9. The number of benzene rings is 1. The Morgan fingerprint density at radius 3 is 2.72 bits per heavy atom. The molecule has 94 valence electrons. The molecule has 1 aromatic carbocycles. The van der Waals surface area contributed by atoms with E-state index in [1.54, 1.807) is 0 Å². The molecule has 0 radical (unpaired) electrons.